The average Bonchev–Trinajstić information content (AvgIpc) is 2.73. The minimum atomic E-state index is 0.405. The molecule has 1 heterocycles. The van der Waals surface area contributed by atoms with Gasteiger partial charge in [0.2, 0.25) is 0 Å². The zero-order chi connectivity index (χ0) is 7.73. The quantitative estimate of drug-likeness (QED) is 0.626. The number of rotatable bonds is 3. The Morgan fingerprint density at radius 3 is 2.91 bits per heavy atom. The van der Waals surface area contributed by atoms with E-state index in [2.05, 4.69) is 17.6 Å². The minimum Gasteiger partial charge on any atom is -0.315 e. The van der Waals surface area contributed by atoms with Gasteiger partial charge in [0.1, 0.15) is 0 Å². The highest BCUT2D eigenvalue weighted by Gasteiger charge is 2.30. The number of nitrogens with one attached hydrogen (secondary N) is 2. The Labute approximate surface area is 68.7 Å². The van der Waals surface area contributed by atoms with Crippen LogP contribution < -0.4 is 10.6 Å². The molecule has 0 aromatic rings. The van der Waals surface area contributed by atoms with Crippen molar-refractivity contribution < 1.29 is 0 Å². The Hall–Kier alpha value is -0.0800. The molecule has 11 heavy (non-hydrogen) atoms. The summed E-state index contributed by atoms with van der Waals surface area (Å²) in [6.07, 6.45) is 4.20. The van der Waals surface area contributed by atoms with E-state index in [9.17, 15) is 0 Å². The van der Waals surface area contributed by atoms with Crippen molar-refractivity contribution in [1.82, 2.24) is 10.6 Å². The lowest BCUT2D eigenvalue weighted by Gasteiger charge is -2.24. The second-order valence-electron chi connectivity index (χ2n) is 4.31. The molecule has 2 N–H and O–H groups in total. The molecule has 1 aliphatic heterocycles. The normalized spacial score (nSPS) is 37.9. The van der Waals surface area contributed by atoms with E-state index in [0.29, 0.717) is 5.54 Å². The summed E-state index contributed by atoms with van der Waals surface area (Å²) in [5, 5.41) is 7.05. The monoisotopic (exact) mass is 154 g/mol. The van der Waals surface area contributed by atoms with Gasteiger partial charge in [0.15, 0.2) is 0 Å². The average molecular weight is 154 g/mol. The first-order valence-corrected chi connectivity index (χ1v) is 4.74. The Balaban J connectivity index is 1.73. The van der Waals surface area contributed by atoms with Crippen LogP contribution in [0, 0.1) is 5.92 Å². The Morgan fingerprint density at radius 1 is 1.55 bits per heavy atom. The lowest BCUT2D eigenvalue weighted by Crippen LogP contribution is -2.44. The maximum absolute atomic E-state index is 3.66. The van der Waals surface area contributed by atoms with E-state index in [0.717, 1.165) is 12.5 Å². The second kappa shape index (κ2) is 2.76. The van der Waals surface area contributed by atoms with Gasteiger partial charge in [-0.3, -0.25) is 0 Å². The zero-order valence-electron chi connectivity index (χ0n) is 7.32. The van der Waals surface area contributed by atoms with Crippen LogP contribution in [0.25, 0.3) is 0 Å². The van der Waals surface area contributed by atoms with E-state index in [4.69, 9.17) is 0 Å². The van der Waals surface area contributed by atoms with E-state index in [1.165, 1.54) is 32.4 Å². The van der Waals surface area contributed by atoms with Crippen LogP contribution in [0.2, 0.25) is 0 Å². The second-order valence-corrected chi connectivity index (χ2v) is 4.31. The van der Waals surface area contributed by atoms with Crippen LogP contribution in [0.15, 0.2) is 0 Å². The summed E-state index contributed by atoms with van der Waals surface area (Å²) >= 11 is 0. The molecular weight excluding hydrogens is 136 g/mol. The molecule has 0 aromatic carbocycles. The Kier molecular flexibility index (Phi) is 1.90. The zero-order valence-corrected chi connectivity index (χ0v) is 7.32. The first-order chi connectivity index (χ1) is 5.29. The van der Waals surface area contributed by atoms with Gasteiger partial charge in [-0.15, -0.1) is 0 Å². The summed E-state index contributed by atoms with van der Waals surface area (Å²) in [6, 6.07) is 0. The summed E-state index contributed by atoms with van der Waals surface area (Å²) in [4.78, 5) is 0. The molecule has 1 atom stereocenters. The lowest BCUT2D eigenvalue weighted by molar-refractivity contribution is 0.380. The molecule has 2 nitrogen and oxygen atoms in total. The van der Waals surface area contributed by atoms with Crippen molar-refractivity contribution in [3.05, 3.63) is 0 Å². The summed E-state index contributed by atoms with van der Waals surface area (Å²) in [5.41, 5.74) is 0.405. The molecule has 2 heteroatoms. The van der Waals surface area contributed by atoms with Gasteiger partial charge in [-0.1, -0.05) is 0 Å². The van der Waals surface area contributed by atoms with Gasteiger partial charge in [0, 0.05) is 12.1 Å². The van der Waals surface area contributed by atoms with Crippen LogP contribution in [-0.2, 0) is 0 Å². The van der Waals surface area contributed by atoms with Crippen molar-refractivity contribution in [2.75, 3.05) is 19.6 Å². The Bertz CT molecular complexity index is 134. The van der Waals surface area contributed by atoms with Crippen molar-refractivity contribution >= 4 is 0 Å². The molecule has 1 saturated carbocycles. The number of hydrogen-bond donors (Lipinski definition) is 2. The molecule has 1 aliphatic carbocycles. The van der Waals surface area contributed by atoms with E-state index in [-0.39, 0.29) is 0 Å². The summed E-state index contributed by atoms with van der Waals surface area (Å²) in [7, 11) is 0. The molecule has 2 aliphatic rings. The maximum Gasteiger partial charge on any atom is 0.0290 e. The molecule has 0 radical (unpaired) electrons. The van der Waals surface area contributed by atoms with Crippen LogP contribution in [0.1, 0.15) is 26.2 Å². The van der Waals surface area contributed by atoms with Crippen LogP contribution >= 0.6 is 0 Å². The predicted molar refractivity (Wildman–Crippen MR) is 46.6 cm³/mol. The maximum atomic E-state index is 3.66. The minimum absolute atomic E-state index is 0.405. The third-order valence-corrected chi connectivity index (χ3v) is 2.88. The van der Waals surface area contributed by atoms with Crippen molar-refractivity contribution in [2.24, 2.45) is 5.92 Å². The van der Waals surface area contributed by atoms with E-state index >= 15 is 0 Å². The molecule has 2 fully saturated rings. The van der Waals surface area contributed by atoms with Crippen LogP contribution in [0.3, 0.4) is 0 Å². The highest BCUT2D eigenvalue weighted by atomic mass is 15.1. The fourth-order valence-corrected chi connectivity index (χ4v) is 1.68. The van der Waals surface area contributed by atoms with Crippen LogP contribution in [-0.4, -0.2) is 25.2 Å². The first-order valence-electron chi connectivity index (χ1n) is 4.74. The SMILES string of the molecule is CC1(NCC2CC2)CCNC1. The molecule has 1 saturated heterocycles. The highest BCUT2D eigenvalue weighted by molar-refractivity contribution is 4.93. The van der Waals surface area contributed by atoms with E-state index < -0.39 is 0 Å². The van der Waals surface area contributed by atoms with E-state index in [1.54, 1.807) is 0 Å². The predicted octanol–water partition coefficient (Wildman–Crippen LogP) is 0.738. The topological polar surface area (TPSA) is 24.1 Å². The lowest BCUT2D eigenvalue weighted by atomic mass is 10.0. The van der Waals surface area contributed by atoms with Gasteiger partial charge >= 0.3 is 0 Å². The summed E-state index contributed by atoms with van der Waals surface area (Å²) in [5.74, 6) is 1.01. The van der Waals surface area contributed by atoms with E-state index in [1.807, 2.05) is 0 Å². The molecule has 0 spiro atoms. The Morgan fingerprint density at radius 2 is 2.36 bits per heavy atom. The summed E-state index contributed by atoms with van der Waals surface area (Å²) < 4.78 is 0. The van der Waals surface area contributed by atoms with Crippen molar-refractivity contribution in [3.8, 4) is 0 Å². The highest BCUT2D eigenvalue weighted by Crippen LogP contribution is 2.28. The molecule has 64 valence electrons. The molecule has 0 bridgehead atoms. The smallest absolute Gasteiger partial charge is 0.0290 e. The van der Waals surface area contributed by atoms with Gasteiger partial charge in [-0.2, -0.15) is 0 Å². The fraction of sp³-hybridized carbons (Fsp3) is 1.00. The molecular formula is C9H18N2. The van der Waals surface area contributed by atoms with Gasteiger partial charge in [0.25, 0.3) is 0 Å². The van der Waals surface area contributed by atoms with Gasteiger partial charge in [0.05, 0.1) is 0 Å². The van der Waals surface area contributed by atoms with Gasteiger partial charge in [-0.25, -0.2) is 0 Å². The van der Waals surface area contributed by atoms with Crippen molar-refractivity contribution in [1.29, 1.82) is 0 Å². The third-order valence-electron chi connectivity index (χ3n) is 2.88. The van der Waals surface area contributed by atoms with Crippen LogP contribution in [0.4, 0.5) is 0 Å². The number of hydrogen-bond acceptors (Lipinski definition) is 2. The molecule has 2 rings (SSSR count). The van der Waals surface area contributed by atoms with Crippen molar-refractivity contribution in [2.45, 2.75) is 31.7 Å². The van der Waals surface area contributed by atoms with Crippen LogP contribution in [0.5, 0.6) is 0 Å². The fourth-order valence-electron chi connectivity index (χ4n) is 1.68. The largest absolute Gasteiger partial charge is 0.315 e. The molecule has 0 amide bonds. The van der Waals surface area contributed by atoms with Crippen molar-refractivity contribution in [3.63, 3.8) is 0 Å². The first kappa shape index (κ1) is 7.56. The molecule has 0 aromatic heterocycles. The van der Waals surface area contributed by atoms with Gasteiger partial charge in [-0.05, 0) is 45.2 Å². The van der Waals surface area contributed by atoms with Gasteiger partial charge < -0.3 is 10.6 Å². The third kappa shape index (κ3) is 1.94. The standard InChI is InChI=1S/C9H18N2/c1-9(4-5-10-7-9)11-6-8-2-3-8/h8,10-11H,2-7H2,1H3. The molecule has 1 unspecified atom stereocenters. The summed E-state index contributed by atoms with van der Waals surface area (Å²) in [6.45, 7) is 5.92.